The summed E-state index contributed by atoms with van der Waals surface area (Å²) in [6, 6.07) is 7.68. The molecule has 0 unspecified atom stereocenters. The van der Waals surface area contributed by atoms with Crippen LogP contribution in [0.3, 0.4) is 0 Å². The van der Waals surface area contributed by atoms with Crippen molar-refractivity contribution in [3.8, 4) is 16.9 Å². The Bertz CT molecular complexity index is 1130. The number of hydrogen-bond donors (Lipinski definition) is 0. The number of sulfonamides is 1. The molecule has 6 heteroatoms. The molecule has 1 saturated heterocycles. The summed E-state index contributed by atoms with van der Waals surface area (Å²) in [5.41, 5.74) is 6.55. The highest BCUT2D eigenvalue weighted by molar-refractivity contribution is 7.88. The number of ether oxygens (including phenoxy) is 1. The third kappa shape index (κ3) is 5.02. The number of benzene rings is 2. The summed E-state index contributed by atoms with van der Waals surface area (Å²) in [5, 5.41) is 0. The Balaban J connectivity index is 1.51. The van der Waals surface area contributed by atoms with Crippen molar-refractivity contribution < 1.29 is 17.5 Å². The molecule has 1 heterocycles. The molecule has 0 radical (unpaired) electrons. The Labute approximate surface area is 197 Å². The third-order valence-electron chi connectivity index (χ3n) is 7.21. The van der Waals surface area contributed by atoms with Crippen LogP contribution in [0, 0.1) is 25.6 Å². The standard InChI is InChI=1S/C27H34FNO3S/c1-5-6-21-7-8-24-23(9-10-25(28)27(21)24)26-18(2)15-22(16-19(26)3)32-17-20-11-13-29(14-12-20)33(4,30)31/h5,9-10,15-16,20-21H,1,6-8,11-14,17H2,2-4H3/t21-/m1/s1. The quantitative estimate of drug-likeness (QED) is 0.482. The summed E-state index contributed by atoms with van der Waals surface area (Å²) in [7, 11) is -3.11. The van der Waals surface area contributed by atoms with E-state index in [9.17, 15) is 12.8 Å². The fraction of sp³-hybridized carbons (Fsp3) is 0.481. The van der Waals surface area contributed by atoms with E-state index < -0.39 is 10.0 Å². The van der Waals surface area contributed by atoms with E-state index >= 15 is 0 Å². The van der Waals surface area contributed by atoms with Crippen LogP contribution in [0.5, 0.6) is 5.75 Å². The van der Waals surface area contributed by atoms with Crippen molar-refractivity contribution in [1.29, 1.82) is 0 Å². The zero-order valence-corrected chi connectivity index (χ0v) is 20.7. The maximum atomic E-state index is 14.7. The Morgan fingerprint density at radius 1 is 1.15 bits per heavy atom. The van der Waals surface area contributed by atoms with Crippen LogP contribution in [0.25, 0.3) is 11.1 Å². The lowest BCUT2D eigenvalue weighted by Crippen LogP contribution is -2.39. The van der Waals surface area contributed by atoms with Crippen LogP contribution in [0.2, 0.25) is 0 Å². The molecule has 4 rings (SSSR count). The van der Waals surface area contributed by atoms with Gasteiger partial charge in [0.05, 0.1) is 12.9 Å². The lowest BCUT2D eigenvalue weighted by Gasteiger charge is -2.30. The van der Waals surface area contributed by atoms with Crippen molar-refractivity contribution >= 4 is 10.0 Å². The Kier molecular flexibility index (Phi) is 6.96. The van der Waals surface area contributed by atoms with Gasteiger partial charge in [-0.15, -0.1) is 6.58 Å². The highest BCUT2D eigenvalue weighted by atomic mass is 32.2. The predicted molar refractivity (Wildman–Crippen MR) is 132 cm³/mol. The van der Waals surface area contributed by atoms with E-state index in [-0.39, 0.29) is 11.7 Å². The Hall–Kier alpha value is -2.18. The monoisotopic (exact) mass is 471 g/mol. The Morgan fingerprint density at radius 2 is 1.82 bits per heavy atom. The summed E-state index contributed by atoms with van der Waals surface area (Å²) in [4.78, 5) is 0. The molecule has 1 atom stereocenters. The van der Waals surface area contributed by atoms with Crippen molar-refractivity contribution in [2.75, 3.05) is 26.0 Å². The van der Waals surface area contributed by atoms with Crippen molar-refractivity contribution in [3.05, 3.63) is 65.0 Å². The van der Waals surface area contributed by atoms with Crippen LogP contribution >= 0.6 is 0 Å². The van der Waals surface area contributed by atoms with E-state index in [1.54, 1.807) is 10.4 Å². The summed E-state index contributed by atoms with van der Waals surface area (Å²) < 4.78 is 45.8. The molecule has 0 amide bonds. The maximum absolute atomic E-state index is 14.7. The second kappa shape index (κ2) is 9.59. The number of halogens is 1. The molecule has 1 aliphatic carbocycles. The second-order valence-corrected chi connectivity index (χ2v) is 11.6. The van der Waals surface area contributed by atoms with Crippen LogP contribution in [0.15, 0.2) is 36.9 Å². The van der Waals surface area contributed by atoms with E-state index in [2.05, 4.69) is 32.6 Å². The lowest BCUT2D eigenvalue weighted by molar-refractivity contribution is 0.185. The second-order valence-electron chi connectivity index (χ2n) is 9.60. The van der Waals surface area contributed by atoms with Gasteiger partial charge >= 0.3 is 0 Å². The average Bonchev–Trinajstić information content (AvgIpc) is 3.18. The van der Waals surface area contributed by atoms with Crippen LogP contribution in [-0.4, -0.2) is 38.7 Å². The van der Waals surface area contributed by atoms with E-state index in [4.69, 9.17) is 4.74 Å². The van der Waals surface area contributed by atoms with Crippen molar-refractivity contribution in [3.63, 3.8) is 0 Å². The van der Waals surface area contributed by atoms with E-state index in [0.717, 1.165) is 65.7 Å². The summed E-state index contributed by atoms with van der Waals surface area (Å²) in [5.74, 6) is 1.30. The van der Waals surface area contributed by atoms with E-state index in [0.29, 0.717) is 25.6 Å². The third-order valence-corrected chi connectivity index (χ3v) is 8.51. The van der Waals surface area contributed by atoms with Gasteiger partial charge in [0.25, 0.3) is 0 Å². The van der Waals surface area contributed by atoms with E-state index in [1.807, 2.05) is 12.1 Å². The molecule has 0 N–H and O–H groups in total. The molecular weight excluding hydrogens is 437 g/mol. The van der Waals surface area contributed by atoms with Gasteiger partial charge in [0.2, 0.25) is 10.0 Å². The zero-order valence-electron chi connectivity index (χ0n) is 19.9. The van der Waals surface area contributed by atoms with Crippen molar-refractivity contribution in [2.45, 2.75) is 51.9 Å². The first kappa shape index (κ1) is 24.0. The highest BCUT2D eigenvalue weighted by Gasteiger charge is 2.29. The van der Waals surface area contributed by atoms with Crippen molar-refractivity contribution in [2.24, 2.45) is 5.92 Å². The van der Waals surface area contributed by atoms with Crippen LogP contribution < -0.4 is 4.74 Å². The van der Waals surface area contributed by atoms with Gasteiger partial charge in [-0.1, -0.05) is 12.1 Å². The molecule has 4 nitrogen and oxygen atoms in total. The largest absolute Gasteiger partial charge is 0.493 e. The number of allylic oxidation sites excluding steroid dienone is 1. The SMILES string of the molecule is C=CC[C@@H]1CCc2c(-c3c(C)cc(OCC4CCN(S(C)(=O)=O)CC4)cc3C)ccc(F)c21. The maximum Gasteiger partial charge on any atom is 0.211 e. The molecule has 0 aromatic heterocycles. The summed E-state index contributed by atoms with van der Waals surface area (Å²) in [6.45, 7) is 9.74. The van der Waals surface area contributed by atoms with Gasteiger partial charge in [0.1, 0.15) is 11.6 Å². The summed E-state index contributed by atoms with van der Waals surface area (Å²) >= 11 is 0. The van der Waals surface area contributed by atoms with Crippen LogP contribution in [0.1, 0.15) is 53.9 Å². The minimum atomic E-state index is -3.11. The smallest absolute Gasteiger partial charge is 0.211 e. The fourth-order valence-electron chi connectivity index (χ4n) is 5.53. The lowest BCUT2D eigenvalue weighted by atomic mass is 9.89. The normalized spacial score (nSPS) is 19.5. The first-order chi connectivity index (χ1) is 15.7. The topological polar surface area (TPSA) is 46.6 Å². The summed E-state index contributed by atoms with van der Waals surface area (Å²) in [6.07, 6.45) is 7.46. The van der Waals surface area contributed by atoms with Gasteiger partial charge in [0, 0.05) is 13.1 Å². The molecule has 2 aromatic rings. The number of piperidine rings is 1. The minimum absolute atomic E-state index is 0.102. The zero-order chi connectivity index (χ0) is 23.8. The molecule has 0 saturated carbocycles. The highest BCUT2D eigenvalue weighted by Crippen LogP contribution is 2.44. The number of aryl methyl sites for hydroxylation is 2. The molecule has 33 heavy (non-hydrogen) atoms. The first-order valence-electron chi connectivity index (χ1n) is 11.8. The van der Waals surface area contributed by atoms with Gasteiger partial charge in [-0.2, -0.15) is 0 Å². The van der Waals surface area contributed by atoms with Gasteiger partial charge in [-0.05, 0) is 109 Å². The molecule has 178 valence electrons. The average molecular weight is 472 g/mol. The predicted octanol–water partition coefficient (Wildman–Crippen LogP) is 5.77. The Morgan fingerprint density at radius 3 is 2.42 bits per heavy atom. The molecule has 1 fully saturated rings. The molecule has 1 aliphatic heterocycles. The van der Waals surface area contributed by atoms with E-state index in [1.165, 1.54) is 11.8 Å². The molecule has 2 aromatic carbocycles. The van der Waals surface area contributed by atoms with Crippen molar-refractivity contribution in [1.82, 2.24) is 4.31 Å². The number of fused-ring (bicyclic) bond motifs is 1. The molecular formula is C27H34FNO3S. The molecule has 0 spiro atoms. The first-order valence-corrected chi connectivity index (χ1v) is 13.7. The number of rotatable bonds is 7. The minimum Gasteiger partial charge on any atom is -0.493 e. The van der Waals surface area contributed by atoms with Crippen LogP contribution in [-0.2, 0) is 16.4 Å². The van der Waals surface area contributed by atoms with Gasteiger partial charge in [-0.3, -0.25) is 0 Å². The van der Waals surface area contributed by atoms with Crippen LogP contribution in [0.4, 0.5) is 4.39 Å². The molecule has 2 aliphatic rings. The fourth-order valence-corrected chi connectivity index (χ4v) is 6.41. The van der Waals surface area contributed by atoms with Gasteiger partial charge < -0.3 is 4.74 Å². The van der Waals surface area contributed by atoms with Gasteiger partial charge in [0.15, 0.2) is 0 Å². The number of hydrogen-bond acceptors (Lipinski definition) is 3. The van der Waals surface area contributed by atoms with Gasteiger partial charge in [-0.25, -0.2) is 17.1 Å². The molecule has 0 bridgehead atoms. The number of nitrogens with zero attached hydrogens (tertiary/aromatic N) is 1.